The van der Waals surface area contributed by atoms with E-state index in [1.807, 2.05) is 12.1 Å². The first-order chi connectivity index (χ1) is 7.83. The van der Waals surface area contributed by atoms with Gasteiger partial charge < -0.3 is 9.47 Å². The van der Waals surface area contributed by atoms with Crippen LogP contribution in [0.4, 0.5) is 0 Å². The number of fused-ring (bicyclic) bond motifs is 1. The van der Waals surface area contributed by atoms with Gasteiger partial charge in [-0.15, -0.1) is 0 Å². The van der Waals surface area contributed by atoms with Crippen LogP contribution in [0.3, 0.4) is 0 Å². The van der Waals surface area contributed by atoms with E-state index >= 15 is 0 Å². The summed E-state index contributed by atoms with van der Waals surface area (Å²) in [6.07, 6.45) is 6.16. The minimum absolute atomic E-state index is 0.486. The zero-order valence-corrected chi connectivity index (χ0v) is 9.07. The molecule has 0 bridgehead atoms. The molecular weight excluding hydrogens is 204 g/mol. The van der Waals surface area contributed by atoms with Crippen LogP contribution < -0.4 is 9.47 Å². The van der Waals surface area contributed by atoms with Crippen molar-refractivity contribution in [3.63, 3.8) is 0 Å². The molecule has 16 heavy (non-hydrogen) atoms. The number of hydrogen-bond donors (Lipinski definition) is 0. The smallest absolute Gasteiger partial charge is 0.251 e. The van der Waals surface area contributed by atoms with Crippen molar-refractivity contribution in [2.45, 2.75) is 37.9 Å². The van der Waals surface area contributed by atoms with Crippen molar-refractivity contribution in [2.24, 2.45) is 0 Å². The van der Waals surface area contributed by atoms with Crippen LogP contribution >= 0.6 is 0 Å². The van der Waals surface area contributed by atoms with Crippen molar-refractivity contribution >= 4 is 6.29 Å². The summed E-state index contributed by atoms with van der Waals surface area (Å²) in [4.78, 5) is 10.9. The summed E-state index contributed by atoms with van der Waals surface area (Å²) in [6, 6.07) is 5.45. The average Bonchev–Trinajstić information content (AvgIpc) is 2.67. The van der Waals surface area contributed by atoms with Crippen molar-refractivity contribution in [3.05, 3.63) is 23.8 Å². The van der Waals surface area contributed by atoms with Gasteiger partial charge in [0, 0.05) is 12.8 Å². The van der Waals surface area contributed by atoms with Crippen LogP contribution in [0.25, 0.3) is 0 Å². The fourth-order valence-corrected chi connectivity index (χ4v) is 2.52. The second-order valence-electron chi connectivity index (χ2n) is 4.47. The van der Waals surface area contributed by atoms with E-state index in [9.17, 15) is 4.79 Å². The first-order valence-corrected chi connectivity index (χ1v) is 5.79. The lowest BCUT2D eigenvalue weighted by Crippen LogP contribution is -2.40. The molecule has 1 saturated carbocycles. The van der Waals surface area contributed by atoms with Crippen LogP contribution in [-0.2, 0) is 0 Å². The van der Waals surface area contributed by atoms with Crippen LogP contribution in [-0.4, -0.2) is 12.1 Å². The molecule has 1 spiro atoms. The molecule has 0 amide bonds. The third kappa shape index (κ3) is 1.39. The number of carbonyl (C=O) groups is 1. The molecule has 2 aliphatic rings. The number of hydrogen-bond acceptors (Lipinski definition) is 3. The lowest BCUT2D eigenvalue weighted by atomic mass is 9.94. The second-order valence-corrected chi connectivity index (χ2v) is 4.47. The molecule has 0 N–H and O–H groups in total. The van der Waals surface area contributed by atoms with Crippen molar-refractivity contribution in [1.29, 1.82) is 0 Å². The molecule has 1 fully saturated rings. The lowest BCUT2D eigenvalue weighted by Gasteiger charge is -2.31. The Bertz CT molecular complexity index is 419. The zero-order chi connectivity index (χ0) is 11.0. The predicted molar refractivity (Wildman–Crippen MR) is 58.9 cm³/mol. The van der Waals surface area contributed by atoms with Gasteiger partial charge >= 0.3 is 0 Å². The summed E-state index contributed by atoms with van der Waals surface area (Å²) in [5.74, 6) is 0.852. The van der Waals surface area contributed by atoms with Crippen LogP contribution in [0.1, 0.15) is 42.5 Å². The average molecular weight is 218 g/mol. The normalized spacial score (nSPS) is 21.0. The van der Waals surface area contributed by atoms with Gasteiger partial charge in [-0.1, -0.05) is 12.5 Å². The third-order valence-corrected chi connectivity index (χ3v) is 3.34. The Balaban J connectivity index is 1.96. The van der Waals surface area contributed by atoms with Gasteiger partial charge in [-0.2, -0.15) is 0 Å². The summed E-state index contributed by atoms with van der Waals surface area (Å²) < 4.78 is 11.8. The Morgan fingerprint density at radius 2 is 1.94 bits per heavy atom. The van der Waals surface area contributed by atoms with Gasteiger partial charge in [0.25, 0.3) is 5.79 Å². The Hall–Kier alpha value is -1.51. The predicted octanol–water partition coefficient (Wildman–Crippen LogP) is 2.93. The number of benzene rings is 1. The molecule has 0 atom stereocenters. The first-order valence-electron chi connectivity index (χ1n) is 5.79. The minimum Gasteiger partial charge on any atom is -0.448 e. The van der Waals surface area contributed by atoms with Crippen LogP contribution in [0.15, 0.2) is 18.2 Å². The Morgan fingerprint density at radius 3 is 2.69 bits per heavy atom. The van der Waals surface area contributed by atoms with Gasteiger partial charge in [-0.3, -0.25) is 4.79 Å². The molecule has 0 saturated heterocycles. The van der Waals surface area contributed by atoms with Crippen LogP contribution in [0.5, 0.6) is 11.5 Å². The van der Waals surface area contributed by atoms with Gasteiger partial charge in [-0.25, -0.2) is 0 Å². The lowest BCUT2D eigenvalue weighted by molar-refractivity contribution is -0.105. The molecule has 84 valence electrons. The largest absolute Gasteiger partial charge is 0.448 e. The van der Waals surface area contributed by atoms with E-state index < -0.39 is 5.79 Å². The second kappa shape index (κ2) is 3.51. The zero-order valence-electron chi connectivity index (χ0n) is 9.07. The highest BCUT2D eigenvalue weighted by atomic mass is 16.7. The Morgan fingerprint density at radius 1 is 1.12 bits per heavy atom. The number of aldehydes is 1. The third-order valence-electron chi connectivity index (χ3n) is 3.34. The van der Waals surface area contributed by atoms with Crippen molar-refractivity contribution in [2.75, 3.05) is 0 Å². The number of ether oxygens (including phenoxy) is 2. The maximum absolute atomic E-state index is 10.9. The van der Waals surface area contributed by atoms with E-state index in [0.717, 1.165) is 32.0 Å². The van der Waals surface area contributed by atoms with Gasteiger partial charge in [0.1, 0.15) is 0 Å². The Kier molecular flexibility index (Phi) is 2.13. The summed E-state index contributed by atoms with van der Waals surface area (Å²) in [7, 11) is 0. The molecule has 3 rings (SSSR count). The summed E-state index contributed by atoms with van der Waals surface area (Å²) in [5.41, 5.74) is 0.583. The van der Waals surface area contributed by atoms with E-state index in [-0.39, 0.29) is 0 Å². The summed E-state index contributed by atoms with van der Waals surface area (Å²) in [5, 5.41) is 0. The van der Waals surface area contributed by atoms with Gasteiger partial charge in [0.15, 0.2) is 17.8 Å². The highest BCUT2D eigenvalue weighted by molar-refractivity contribution is 5.81. The molecule has 0 unspecified atom stereocenters. The maximum atomic E-state index is 10.9. The van der Waals surface area contributed by atoms with Crippen LogP contribution in [0.2, 0.25) is 0 Å². The standard InChI is InChI=1S/C13H14O3/c14-9-10-5-4-6-11-12(10)16-13(15-11)7-2-1-3-8-13/h4-6,9H,1-3,7-8H2. The number of rotatable bonds is 1. The summed E-state index contributed by atoms with van der Waals surface area (Å²) >= 11 is 0. The topological polar surface area (TPSA) is 35.5 Å². The van der Waals surface area contributed by atoms with Crippen molar-refractivity contribution in [1.82, 2.24) is 0 Å². The molecule has 1 heterocycles. The fraction of sp³-hybridized carbons (Fsp3) is 0.462. The monoisotopic (exact) mass is 218 g/mol. The fourth-order valence-electron chi connectivity index (χ4n) is 2.52. The molecule has 3 nitrogen and oxygen atoms in total. The molecule has 0 aromatic heterocycles. The number of para-hydroxylation sites is 1. The molecule has 0 radical (unpaired) electrons. The minimum atomic E-state index is -0.486. The first kappa shape index (κ1) is 9.70. The van der Waals surface area contributed by atoms with E-state index in [1.54, 1.807) is 6.07 Å². The van der Waals surface area contributed by atoms with Crippen LogP contribution in [0, 0.1) is 0 Å². The van der Waals surface area contributed by atoms with E-state index in [4.69, 9.17) is 9.47 Å². The van der Waals surface area contributed by atoms with E-state index in [1.165, 1.54) is 6.42 Å². The van der Waals surface area contributed by atoms with Gasteiger partial charge in [0.05, 0.1) is 5.56 Å². The quantitative estimate of drug-likeness (QED) is 0.680. The molecular formula is C13H14O3. The van der Waals surface area contributed by atoms with E-state index in [2.05, 4.69) is 0 Å². The maximum Gasteiger partial charge on any atom is 0.251 e. The molecule has 1 aliphatic heterocycles. The van der Waals surface area contributed by atoms with Crippen molar-refractivity contribution < 1.29 is 14.3 Å². The SMILES string of the molecule is O=Cc1cccc2c1OC1(CCCCC1)O2. The Labute approximate surface area is 94.4 Å². The van der Waals surface area contributed by atoms with E-state index in [0.29, 0.717) is 17.1 Å². The molecule has 1 aromatic carbocycles. The molecule has 1 aromatic rings. The molecule has 3 heteroatoms. The van der Waals surface area contributed by atoms with Crippen molar-refractivity contribution in [3.8, 4) is 11.5 Å². The molecule has 1 aliphatic carbocycles. The summed E-state index contributed by atoms with van der Waals surface area (Å²) in [6.45, 7) is 0. The highest BCUT2D eigenvalue weighted by Crippen LogP contribution is 2.46. The highest BCUT2D eigenvalue weighted by Gasteiger charge is 2.43. The number of carbonyl (C=O) groups excluding carboxylic acids is 1. The van der Waals surface area contributed by atoms with Gasteiger partial charge in [0.2, 0.25) is 0 Å². The van der Waals surface area contributed by atoms with Gasteiger partial charge in [-0.05, 0) is 25.0 Å².